The Hall–Kier alpha value is -4.04. The number of allylic oxidation sites excluding steroid dienone is 1. The molecule has 7 rings (SSSR count). The van der Waals surface area contributed by atoms with Crippen LogP contribution in [0.15, 0.2) is 72.3 Å². The first kappa shape index (κ1) is 25.0. The van der Waals surface area contributed by atoms with Crippen LogP contribution in [0.3, 0.4) is 0 Å². The fraction of sp³-hybridized carbons (Fsp3) is 0.375. The number of piperidine rings is 1. The Morgan fingerprint density at radius 3 is 2.83 bits per heavy atom. The molecule has 40 heavy (non-hydrogen) atoms. The summed E-state index contributed by atoms with van der Waals surface area (Å²) < 4.78 is 1.86. The fourth-order valence-corrected chi connectivity index (χ4v) is 6.08. The molecule has 0 spiro atoms. The van der Waals surface area contributed by atoms with Gasteiger partial charge < -0.3 is 16.0 Å². The van der Waals surface area contributed by atoms with Crippen LogP contribution in [-0.4, -0.2) is 44.5 Å². The Balaban J connectivity index is 1.24. The smallest absolute Gasteiger partial charge is 0.154 e. The Bertz CT molecular complexity index is 1580. The SMILES string of the molecule is CC1(C)CNCCC1N=C1NC(c2ccnc(Nc3cc4ccccn4n3)c2)=CCc2cncc(C3CCC3)c21. The summed E-state index contributed by atoms with van der Waals surface area (Å²) in [6.45, 7) is 6.61. The van der Waals surface area contributed by atoms with E-state index in [1.807, 2.05) is 47.4 Å². The molecule has 0 amide bonds. The van der Waals surface area contributed by atoms with E-state index < -0.39 is 0 Å². The number of pyridine rings is 3. The quantitative estimate of drug-likeness (QED) is 0.316. The number of aliphatic imine (C=N–C) groups is 1. The molecule has 1 atom stereocenters. The number of hydrogen-bond acceptors (Lipinski definition) is 6. The predicted octanol–water partition coefficient (Wildman–Crippen LogP) is 5.46. The van der Waals surface area contributed by atoms with E-state index in [-0.39, 0.29) is 11.5 Å². The van der Waals surface area contributed by atoms with Gasteiger partial charge in [-0.3, -0.25) is 9.98 Å². The molecular weight excluding hydrogens is 496 g/mol. The highest BCUT2D eigenvalue weighted by molar-refractivity contribution is 6.06. The summed E-state index contributed by atoms with van der Waals surface area (Å²) in [5, 5.41) is 15.4. The minimum atomic E-state index is 0.0782. The highest BCUT2D eigenvalue weighted by atomic mass is 15.3. The number of hydrogen-bond donors (Lipinski definition) is 3. The van der Waals surface area contributed by atoms with E-state index in [0.717, 1.165) is 60.2 Å². The van der Waals surface area contributed by atoms with Gasteiger partial charge in [-0.05, 0) is 79.0 Å². The molecule has 4 aromatic rings. The number of rotatable bonds is 5. The summed E-state index contributed by atoms with van der Waals surface area (Å²) >= 11 is 0. The minimum Gasteiger partial charge on any atom is -0.340 e. The average molecular weight is 533 g/mol. The normalized spacial score (nSPS) is 21.7. The van der Waals surface area contributed by atoms with Gasteiger partial charge in [0.2, 0.25) is 0 Å². The van der Waals surface area contributed by atoms with Crippen molar-refractivity contribution in [3.05, 3.63) is 89.5 Å². The average Bonchev–Trinajstić information content (AvgIpc) is 3.23. The minimum absolute atomic E-state index is 0.0782. The summed E-state index contributed by atoms with van der Waals surface area (Å²) in [4.78, 5) is 14.8. The predicted molar refractivity (Wildman–Crippen MR) is 160 cm³/mol. The Kier molecular flexibility index (Phi) is 6.35. The molecule has 1 unspecified atom stereocenters. The molecule has 8 nitrogen and oxygen atoms in total. The number of aromatic nitrogens is 4. The van der Waals surface area contributed by atoms with Crippen molar-refractivity contribution < 1.29 is 0 Å². The van der Waals surface area contributed by atoms with Gasteiger partial charge in [-0.25, -0.2) is 9.50 Å². The van der Waals surface area contributed by atoms with Crippen LogP contribution in [0.1, 0.15) is 67.7 Å². The van der Waals surface area contributed by atoms with E-state index in [1.165, 1.54) is 36.0 Å². The molecule has 1 saturated heterocycles. The first-order valence-electron chi connectivity index (χ1n) is 14.4. The van der Waals surface area contributed by atoms with Gasteiger partial charge in [0.05, 0.1) is 11.6 Å². The lowest BCUT2D eigenvalue weighted by molar-refractivity contribution is 0.223. The van der Waals surface area contributed by atoms with Crippen LogP contribution in [0, 0.1) is 5.41 Å². The van der Waals surface area contributed by atoms with Gasteiger partial charge in [0.15, 0.2) is 5.82 Å². The van der Waals surface area contributed by atoms with Crippen molar-refractivity contribution in [1.29, 1.82) is 0 Å². The van der Waals surface area contributed by atoms with Crippen LogP contribution in [0.25, 0.3) is 11.2 Å². The van der Waals surface area contributed by atoms with Gasteiger partial charge in [-0.15, -0.1) is 0 Å². The number of anilines is 2. The van der Waals surface area contributed by atoms with Crippen LogP contribution in [0.4, 0.5) is 11.6 Å². The van der Waals surface area contributed by atoms with E-state index in [1.54, 1.807) is 0 Å². The van der Waals surface area contributed by atoms with Crippen LogP contribution < -0.4 is 16.0 Å². The number of fused-ring (bicyclic) bond motifs is 2. The zero-order valence-electron chi connectivity index (χ0n) is 23.2. The van der Waals surface area contributed by atoms with Gasteiger partial charge in [0, 0.05) is 54.2 Å². The molecule has 0 bridgehead atoms. The number of amidine groups is 1. The molecule has 2 fully saturated rings. The second kappa shape index (κ2) is 10.2. The first-order chi connectivity index (χ1) is 19.5. The molecule has 8 heteroatoms. The molecule has 2 aliphatic heterocycles. The van der Waals surface area contributed by atoms with Crippen LogP contribution in [0.5, 0.6) is 0 Å². The maximum absolute atomic E-state index is 5.49. The highest BCUT2D eigenvalue weighted by Crippen LogP contribution is 2.40. The molecule has 3 aliphatic rings. The Morgan fingerprint density at radius 2 is 2.00 bits per heavy atom. The third kappa shape index (κ3) is 4.77. The van der Waals surface area contributed by atoms with E-state index in [2.05, 4.69) is 69.3 Å². The molecule has 204 valence electrons. The molecule has 4 aromatic heterocycles. The van der Waals surface area contributed by atoms with Gasteiger partial charge in [-0.2, -0.15) is 5.10 Å². The van der Waals surface area contributed by atoms with Crippen molar-refractivity contribution in [3.8, 4) is 0 Å². The summed E-state index contributed by atoms with van der Waals surface area (Å²) in [7, 11) is 0. The largest absolute Gasteiger partial charge is 0.340 e. The van der Waals surface area contributed by atoms with Crippen molar-refractivity contribution in [1.82, 2.24) is 30.2 Å². The molecule has 0 radical (unpaired) electrons. The zero-order chi connectivity index (χ0) is 27.1. The molecule has 6 heterocycles. The highest BCUT2D eigenvalue weighted by Gasteiger charge is 2.34. The van der Waals surface area contributed by atoms with E-state index >= 15 is 0 Å². The lowest BCUT2D eigenvalue weighted by Crippen LogP contribution is -2.46. The first-order valence-corrected chi connectivity index (χ1v) is 14.4. The summed E-state index contributed by atoms with van der Waals surface area (Å²) in [5.41, 5.74) is 7.07. The van der Waals surface area contributed by atoms with Gasteiger partial charge in [-0.1, -0.05) is 32.4 Å². The van der Waals surface area contributed by atoms with Crippen molar-refractivity contribution in [2.24, 2.45) is 10.4 Å². The zero-order valence-corrected chi connectivity index (χ0v) is 23.2. The third-order valence-electron chi connectivity index (χ3n) is 8.67. The Labute approximate surface area is 235 Å². The maximum atomic E-state index is 5.49. The van der Waals surface area contributed by atoms with Gasteiger partial charge in [0.25, 0.3) is 0 Å². The third-order valence-corrected chi connectivity index (χ3v) is 8.67. The van der Waals surface area contributed by atoms with Gasteiger partial charge >= 0.3 is 0 Å². The fourth-order valence-electron chi connectivity index (χ4n) is 6.08. The summed E-state index contributed by atoms with van der Waals surface area (Å²) in [6.07, 6.45) is 15.8. The lowest BCUT2D eigenvalue weighted by atomic mass is 9.77. The molecule has 0 aromatic carbocycles. The van der Waals surface area contributed by atoms with E-state index in [0.29, 0.717) is 5.92 Å². The van der Waals surface area contributed by atoms with Crippen LogP contribution >= 0.6 is 0 Å². The van der Waals surface area contributed by atoms with Crippen molar-refractivity contribution in [2.45, 2.75) is 57.9 Å². The second-order valence-electron chi connectivity index (χ2n) is 11.9. The van der Waals surface area contributed by atoms with Crippen molar-refractivity contribution in [2.75, 3.05) is 18.4 Å². The van der Waals surface area contributed by atoms with Crippen LogP contribution in [0.2, 0.25) is 0 Å². The molecule has 3 N–H and O–H groups in total. The lowest BCUT2D eigenvalue weighted by Gasteiger charge is -2.37. The standard InChI is InChI=1S/C32H36N8/c1-32(2)20-33-13-12-27(32)37-31-30-23(18-34-19-25(30)21-6-5-7-21)9-10-26(36-31)22-11-14-35-28(16-22)38-29-17-24-8-3-4-15-40(24)39-29/h3-4,8,10-11,14-19,21,27,33H,5-7,9,12-13,20H2,1-2H3,(H,36,37)(H,35,38,39). The van der Waals surface area contributed by atoms with E-state index in [9.17, 15) is 0 Å². The topological polar surface area (TPSA) is 91.5 Å². The number of nitrogens with one attached hydrogen (secondary N) is 3. The van der Waals surface area contributed by atoms with Crippen molar-refractivity contribution in [3.63, 3.8) is 0 Å². The summed E-state index contributed by atoms with van der Waals surface area (Å²) in [6, 6.07) is 12.4. The molecular formula is C32H36N8. The van der Waals surface area contributed by atoms with Crippen molar-refractivity contribution >= 4 is 28.7 Å². The second-order valence-corrected chi connectivity index (χ2v) is 11.9. The van der Waals surface area contributed by atoms with E-state index in [4.69, 9.17) is 4.99 Å². The molecule has 1 saturated carbocycles. The molecule has 1 aliphatic carbocycles. The Morgan fingerprint density at radius 1 is 1.07 bits per heavy atom. The monoisotopic (exact) mass is 532 g/mol. The summed E-state index contributed by atoms with van der Waals surface area (Å²) in [5.74, 6) is 3.06. The maximum Gasteiger partial charge on any atom is 0.154 e. The van der Waals surface area contributed by atoms with Crippen LogP contribution in [-0.2, 0) is 6.42 Å². The van der Waals surface area contributed by atoms with Gasteiger partial charge in [0.1, 0.15) is 11.7 Å². The number of nitrogens with zero attached hydrogens (tertiary/aromatic N) is 5.